The summed E-state index contributed by atoms with van der Waals surface area (Å²) in [6.45, 7) is 0.638. The molecule has 0 bridgehead atoms. The van der Waals surface area contributed by atoms with Gasteiger partial charge in [-0.2, -0.15) is 0 Å². The summed E-state index contributed by atoms with van der Waals surface area (Å²) in [4.78, 5) is 10.0. The Morgan fingerprint density at radius 1 is 1.57 bits per heavy atom. The smallest absolute Gasteiger partial charge is 0.305 e. The van der Waals surface area contributed by atoms with E-state index in [1.54, 1.807) is 0 Å². The fourth-order valence-electron chi connectivity index (χ4n) is 0.475. The standard InChI is InChI=1S/C4H6O2.H4Si/c5-4-2-1-3-6-4;/h1-3H2;1H4. The second kappa shape index (κ2) is 2.79. The minimum atomic E-state index is -0.0463. The average molecular weight is 118 g/mol. The lowest BCUT2D eigenvalue weighted by Gasteiger charge is -1.81. The Balaban J connectivity index is 0.000000360. The zero-order valence-corrected chi connectivity index (χ0v) is 3.44. The first-order valence-corrected chi connectivity index (χ1v) is 2.05. The van der Waals surface area contributed by atoms with Crippen molar-refractivity contribution in [3.8, 4) is 0 Å². The summed E-state index contributed by atoms with van der Waals surface area (Å²) in [5, 5.41) is 0. The molecule has 7 heavy (non-hydrogen) atoms. The monoisotopic (exact) mass is 118 g/mol. The van der Waals surface area contributed by atoms with Gasteiger partial charge in [-0.25, -0.2) is 0 Å². The van der Waals surface area contributed by atoms with Crippen molar-refractivity contribution >= 4 is 16.9 Å². The quantitative estimate of drug-likeness (QED) is 0.297. The van der Waals surface area contributed by atoms with Crippen molar-refractivity contribution in [3.05, 3.63) is 0 Å². The number of ether oxygens (including phenoxy) is 1. The van der Waals surface area contributed by atoms with Gasteiger partial charge in [-0.3, -0.25) is 4.79 Å². The lowest BCUT2D eigenvalue weighted by Crippen LogP contribution is -1.88. The molecular formula is C4H10O2Si. The van der Waals surface area contributed by atoms with Crippen LogP contribution in [0, 0.1) is 0 Å². The highest BCUT2D eigenvalue weighted by Gasteiger charge is 2.08. The lowest BCUT2D eigenvalue weighted by atomic mass is 10.4. The number of carbonyl (C=O) groups excluding carboxylic acids is 1. The van der Waals surface area contributed by atoms with Gasteiger partial charge < -0.3 is 4.74 Å². The fraction of sp³-hybridized carbons (Fsp3) is 0.750. The van der Waals surface area contributed by atoms with Gasteiger partial charge in [0.1, 0.15) is 0 Å². The van der Waals surface area contributed by atoms with Crippen molar-refractivity contribution in [3.63, 3.8) is 0 Å². The van der Waals surface area contributed by atoms with Crippen molar-refractivity contribution in [2.45, 2.75) is 12.8 Å². The number of esters is 1. The van der Waals surface area contributed by atoms with Crippen LogP contribution in [0.2, 0.25) is 0 Å². The van der Waals surface area contributed by atoms with Gasteiger partial charge in [-0.1, -0.05) is 0 Å². The van der Waals surface area contributed by atoms with Crippen LogP contribution in [-0.4, -0.2) is 23.5 Å². The normalized spacial score (nSPS) is 18.0. The number of carbonyl (C=O) groups is 1. The lowest BCUT2D eigenvalue weighted by molar-refractivity contribution is -0.137. The molecule has 0 atom stereocenters. The van der Waals surface area contributed by atoms with Gasteiger partial charge in [-0.05, 0) is 17.4 Å². The molecule has 1 aliphatic heterocycles. The average Bonchev–Trinajstić information content (AvgIpc) is 1.86. The molecule has 0 unspecified atom stereocenters. The Morgan fingerprint density at radius 2 is 2.29 bits per heavy atom. The van der Waals surface area contributed by atoms with E-state index in [2.05, 4.69) is 4.74 Å². The first kappa shape index (κ1) is 6.69. The van der Waals surface area contributed by atoms with Crippen molar-refractivity contribution in [2.24, 2.45) is 0 Å². The van der Waals surface area contributed by atoms with Gasteiger partial charge in [0, 0.05) is 6.42 Å². The zero-order valence-electron chi connectivity index (χ0n) is 3.44. The molecule has 0 N–H and O–H groups in total. The third kappa shape index (κ3) is 1.73. The molecule has 1 saturated heterocycles. The van der Waals surface area contributed by atoms with E-state index < -0.39 is 0 Å². The molecule has 1 fully saturated rings. The van der Waals surface area contributed by atoms with E-state index in [4.69, 9.17) is 0 Å². The molecule has 0 saturated carbocycles. The van der Waals surface area contributed by atoms with Gasteiger partial charge >= 0.3 is 5.97 Å². The molecule has 42 valence electrons. The summed E-state index contributed by atoms with van der Waals surface area (Å²) in [6, 6.07) is 0. The van der Waals surface area contributed by atoms with Gasteiger partial charge in [-0.15, -0.1) is 0 Å². The molecule has 0 amide bonds. The molecule has 2 nitrogen and oxygen atoms in total. The molecular weight excluding hydrogens is 108 g/mol. The van der Waals surface area contributed by atoms with Gasteiger partial charge in [0.2, 0.25) is 0 Å². The second-order valence-corrected chi connectivity index (χ2v) is 1.32. The van der Waals surface area contributed by atoms with Crippen LogP contribution in [0.1, 0.15) is 12.8 Å². The molecule has 0 aromatic carbocycles. The van der Waals surface area contributed by atoms with E-state index in [9.17, 15) is 4.79 Å². The highest BCUT2D eigenvalue weighted by atomic mass is 28.1. The predicted molar refractivity (Wildman–Crippen MR) is 31.5 cm³/mol. The van der Waals surface area contributed by atoms with Crippen LogP contribution < -0.4 is 0 Å². The molecule has 1 heterocycles. The van der Waals surface area contributed by atoms with Crippen LogP contribution in [0.5, 0.6) is 0 Å². The van der Waals surface area contributed by atoms with Crippen molar-refractivity contribution in [1.29, 1.82) is 0 Å². The number of hydrogen-bond acceptors (Lipinski definition) is 2. The molecule has 0 aliphatic carbocycles. The molecule has 0 radical (unpaired) electrons. The Hall–Kier alpha value is -0.313. The largest absolute Gasteiger partial charge is 0.466 e. The molecule has 0 aromatic rings. The zero-order chi connectivity index (χ0) is 4.41. The molecule has 1 aliphatic rings. The Bertz CT molecular complexity index is 64.1. The Morgan fingerprint density at radius 3 is 2.43 bits per heavy atom. The maximum Gasteiger partial charge on any atom is 0.305 e. The van der Waals surface area contributed by atoms with Crippen LogP contribution in [0.15, 0.2) is 0 Å². The fourth-order valence-corrected chi connectivity index (χ4v) is 0.475. The summed E-state index contributed by atoms with van der Waals surface area (Å²) >= 11 is 0. The van der Waals surface area contributed by atoms with Crippen molar-refractivity contribution in [1.82, 2.24) is 0 Å². The maximum atomic E-state index is 10.0. The predicted octanol–water partition coefficient (Wildman–Crippen LogP) is -1.13. The van der Waals surface area contributed by atoms with Gasteiger partial charge in [0.15, 0.2) is 0 Å². The van der Waals surface area contributed by atoms with Crippen LogP contribution in [0.4, 0.5) is 0 Å². The van der Waals surface area contributed by atoms with Crippen LogP contribution in [0.3, 0.4) is 0 Å². The van der Waals surface area contributed by atoms with E-state index in [0.29, 0.717) is 13.0 Å². The van der Waals surface area contributed by atoms with Crippen molar-refractivity contribution in [2.75, 3.05) is 6.61 Å². The highest BCUT2D eigenvalue weighted by molar-refractivity contribution is 5.75. The second-order valence-electron chi connectivity index (χ2n) is 1.32. The molecule has 3 heteroatoms. The van der Waals surface area contributed by atoms with Gasteiger partial charge in [0.05, 0.1) is 6.61 Å². The number of cyclic esters (lactones) is 1. The summed E-state index contributed by atoms with van der Waals surface area (Å²) < 4.78 is 4.51. The minimum Gasteiger partial charge on any atom is -0.466 e. The molecule has 1 rings (SSSR count). The topological polar surface area (TPSA) is 26.3 Å². The maximum absolute atomic E-state index is 10.0. The first-order chi connectivity index (χ1) is 2.89. The van der Waals surface area contributed by atoms with Crippen molar-refractivity contribution < 1.29 is 9.53 Å². The van der Waals surface area contributed by atoms with E-state index in [1.165, 1.54) is 0 Å². The van der Waals surface area contributed by atoms with E-state index in [1.807, 2.05) is 0 Å². The van der Waals surface area contributed by atoms with E-state index in [0.717, 1.165) is 6.42 Å². The summed E-state index contributed by atoms with van der Waals surface area (Å²) in [5.74, 6) is -0.0463. The number of rotatable bonds is 0. The van der Waals surface area contributed by atoms with E-state index >= 15 is 0 Å². The summed E-state index contributed by atoms with van der Waals surface area (Å²) in [6.07, 6.45) is 1.54. The summed E-state index contributed by atoms with van der Waals surface area (Å²) in [7, 11) is 0. The molecule has 0 spiro atoms. The van der Waals surface area contributed by atoms with Gasteiger partial charge in [0.25, 0.3) is 0 Å². The third-order valence-electron chi connectivity index (χ3n) is 0.788. The SMILES string of the molecule is O=C1CCCO1.[SiH4]. The highest BCUT2D eigenvalue weighted by Crippen LogP contribution is 2.01. The Labute approximate surface area is 46.9 Å². The van der Waals surface area contributed by atoms with Crippen LogP contribution in [-0.2, 0) is 9.53 Å². The molecule has 0 aromatic heterocycles. The number of hydrogen-bond donors (Lipinski definition) is 0. The Kier molecular flexibility index (Phi) is 2.67. The summed E-state index contributed by atoms with van der Waals surface area (Å²) in [5.41, 5.74) is 0. The first-order valence-electron chi connectivity index (χ1n) is 2.05. The van der Waals surface area contributed by atoms with Crippen LogP contribution >= 0.6 is 0 Å². The minimum absolute atomic E-state index is 0. The van der Waals surface area contributed by atoms with E-state index in [-0.39, 0.29) is 16.9 Å². The van der Waals surface area contributed by atoms with Crippen LogP contribution in [0.25, 0.3) is 0 Å². The third-order valence-corrected chi connectivity index (χ3v) is 0.788.